The Balaban J connectivity index is 3.00. The second-order valence-corrected chi connectivity index (χ2v) is 4.37. The molecule has 0 amide bonds. The number of esters is 1. The van der Waals surface area contributed by atoms with Gasteiger partial charge < -0.3 is 4.74 Å². The van der Waals surface area contributed by atoms with Crippen LogP contribution in [-0.4, -0.2) is 17.7 Å². The van der Waals surface area contributed by atoms with Crippen molar-refractivity contribution in [2.75, 3.05) is 0 Å². The number of carbonyl (C=O) groups excluding carboxylic acids is 2. The van der Waals surface area contributed by atoms with Crippen LogP contribution >= 0.6 is 0 Å². The standard InChI is InChI=1S/C12H12FNO3/c1-12(2,3)17-11(16)9-5-4-8(14-7-15)6-10(9)13/h4-6H,1-3H3. The molecule has 0 aromatic heterocycles. The lowest BCUT2D eigenvalue weighted by Gasteiger charge is -2.19. The fourth-order valence-electron chi connectivity index (χ4n) is 1.12. The minimum absolute atomic E-state index is 0.102. The predicted molar refractivity (Wildman–Crippen MR) is 59.4 cm³/mol. The SMILES string of the molecule is CC(C)(C)OC(=O)c1ccc(N=C=O)cc1F. The molecule has 0 radical (unpaired) electrons. The van der Waals surface area contributed by atoms with Crippen LogP contribution in [0.25, 0.3) is 0 Å². The average molecular weight is 237 g/mol. The number of carbonyl (C=O) groups is 1. The highest BCUT2D eigenvalue weighted by molar-refractivity contribution is 5.90. The molecule has 17 heavy (non-hydrogen) atoms. The van der Waals surface area contributed by atoms with E-state index < -0.39 is 17.4 Å². The Morgan fingerprint density at radius 2 is 2.06 bits per heavy atom. The molecular formula is C12H12FNO3. The third-order valence-corrected chi connectivity index (χ3v) is 1.75. The Hall–Kier alpha value is -2.00. The zero-order valence-electron chi connectivity index (χ0n) is 9.78. The minimum Gasteiger partial charge on any atom is -0.456 e. The Morgan fingerprint density at radius 1 is 1.41 bits per heavy atom. The first-order valence-electron chi connectivity index (χ1n) is 4.94. The number of ether oxygens (including phenoxy) is 1. The molecule has 0 spiro atoms. The van der Waals surface area contributed by atoms with Crippen molar-refractivity contribution in [3.8, 4) is 0 Å². The molecule has 0 atom stereocenters. The van der Waals surface area contributed by atoms with Crippen molar-refractivity contribution in [2.24, 2.45) is 4.99 Å². The smallest absolute Gasteiger partial charge is 0.341 e. The first-order valence-corrected chi connectivity index (χ1v) is 4.94. The summed E-state index contributed by atoms with van der Waals surface area (Å²) in [6, 6.07) is 3.54. The van der Waals surface area contributed by atoms with Gasteiger partial charge in [0, 0.05) is 6.07 Å². The van der Waals surface area contributed by atoms with E-state index in [1.165, 1.54) is 18.2 Å². The molecule has 0 bridgehead atoms. The van der Waals surface area contributed by atoms with Crippen molar-refractivity contribution in [3.05, 3.63) is 29.6 Å². The lowest BCUT2D eigenvalue weighted by atomic mass is 10.1. The van der Waals surface area contributed by atoms with E-state index in [-0.39, 0.29) is 11.3 Å². The van der Waals surface area contributed by atoms with E-state index >= 15 is 0 Å². The molecule has 4 nitrogen and oxygen atoms in total. The number of isocyanates is 1. The lowest BCUT2D eigenvalue weighted by Crippen LogP contribution is -2.24. The summed E-state index contributed by atoms with van der Waals surface area (Å²) in [5, 5.41) is 0. The van der Waals surface area contributed by atoms with E-state index in [9.17, 15) is 14.0 Å². The highest BCUT2D eigenvalue weighted by atomic mass is 19.1. The molecule has 0 heterocycles. The molecule has 0 N–H and O–H groups in total. The maximum Gasteiger partial charge on any atom is 0.341 e. The maximum absolute atomic E-state index is 13.5. The summed E-state index contributed by atoms with van der Waals surface area (Å²) in [4.78, 5) is 24.8. The Labute approximate surface area is 98.1 Å². The largest absolute Gasteiger partial charge is 0.456 e. The summed E-state index contributed by atoms with van der Waals surface area (Å²) in [5.41, 5.74) is -0.780. The normalized spacial score (nSPS) is 10.6. The summed E-state index contributed by atoms with van der Waals surface area (Å²) in [6.45, 7) is 5.07. The Bertz CT molecular complexity index is 485. The van der Waals surface area contributed by atoms with Gasteiger partial charge in [0.15, 0.2) is 0 Å². The molecule has 90 valence electrons. The Kier molecular flexibility index (Phi) is 3.76. The molecule has 0 aliphatic rings. The maximum atomic E-state index is 13.5. The van der Waals surface area contributed by atoms with Gasteiger partial charge in [-0.3, -0.25) is 0 Å². The van der Waals surface area contributed by atoms with E-state index in [1.807, 2.05) is 0 Å². The van der Waals surface area contributed by atoms with Crippen molar-refractivity contribution in [2.45, 2.75) is 26.4 Å². The monoisotopic (exact) mass is 237 g/mol. The molecule has 1 aromatic rings. The molecule has 0 saturated heterocycles. The van der Waals surface area contributed by atoms with Gasteiger partial charge in [0.1, 0.15) is 11.4 Å². The number of rotatable bonds is 2. The van der Waals surface area contributed by atoms with Gasteiger partial charge in [-0.15, -0.1) is 0 Å². The van der Waals surface area contributed by atoms with E-state index in [0.717, 1.165) is 6.07 Å². The highest BCUT2D eigenvalue weighted by Gasteiger charge is 2.20. The molecule has 0 unspecified atom stereocenters. The minimum atomic E-state index is -0.782. The van der Waals surface area contributed by atoms with E-state index in [2.05, 4.69) is 4.99 Å². The van der Waals surface area contributed by atoms with Gasteiger partial charge >= 0.3 is 5.97 Å². The summed E-state index contributed by atoms with van der Waals surface area (Å²) < 4.78 is 18.5. The topological polar surface area (TPSA) is 55.7 Å². The Morgan fingerprint density at radius 3 is 2.53 bits per heavy atom. The van der Waals surface area contributed by atoms with Crippen LogP contribution in [0.1, 0.15) is 31.1 Å². The molecule has 0 saturated carbocycles. The summed E-state index contributed by atoms with van der Waals surface area (Å²) in [5.74, 6) is -1.53. The van der Waals surface area contributed by atoms with Crippen LogP contribution < -0.4 is 0 Å². The van der Waals surface area contributed by atoms with Crippen molar-refractivity contribution in [1.29, 1.82) is 0 Å². The average Bonchev–Trinajstić information content (AvgIpc) is 2.15. The zero-order chi connectivity index (χ0) is 13.1. The van der Waals surface area contributed by atoms with Gasteiger partial charge in [0.2, 0.25) is 6.08 Å². The van der Waals surface area contributed by atoms with Gasteiger partial charge in [-0.25, -0.2) is 14.0 Å². The van der Waals surface area contributed by atoms with Crippen LogP contribution in [0.2, 0.25) is 0 Å². The van der Waals surface area contributed by atoms with Gasteiger partial charge in [0.05, 0.1) is 11.3 Å². The van der Waals surface area contributed by atoms with Crippen molar-refractivity contribution >= 4 is 17.7 Å². The third kappa shape index (κ3) is 3.81. The van der Waals surface area contributed by atoms with Crippen molar-refractivity contribution < 1.29 is 18.7 Å². The first-order chi connectivity index (χ1) is 7.83. The lowest BCUT2D eigenvalue weighted by molar-refractivity contribution is 0.00648. The van der Waals surface area contributed by atoms with Crippen LogP contribution in [0, 0.1) is 5.82 Å². The summed E-state index contributed by atoms with van der Waals surface area (Å²) in [7, 11) is 0. The van der Waals surface area contributed by atoms with Crippen molar-refractivity contribution in [3.63, 3.8) is 0 Å². The molecule has 0 aliphatic carbocycles. The van der Waals surface area contributed by atoms with Crippen LogP contribution in [0.3, 0.4) is 0 Å². The number of nitrogens with zero attached hydrogens (tertiary/aromatic N) is 1. The van der Waals surface area contributed by atoms with E-state index in [1.54, 1.807) is 20.8 Å². The van der Waals surface area contributed by atoms with Gasteiger partial charge in [0.25, 0.3) is 0 Å². The second-order valence-electron chi connectivity index (χ2n) is 4.37. The molecule has 1 aromatic carbocycles. The van der Waals surface area contributed by atoms with E-state index in [0.29, 0.717) is 0 Å². The fourth-order valence-corrected chi connectivity index (χ4v) is 1.12. The second kappa shape index (κ2) is 4.89. The van der Waals surface area contributed by atoms with Gasteiger partial charge in [-0.1, -0.05) is 0 Å². The van der Waals surface area contributed by atoms with E-state index in [4.69, 9.17) is 4.74 Å². The number of aliphatic imine (C=N–C) groups is 1. The van der Waals surface area contributed by atoms with Crippen LogP contribution in [0.5, 0.6) is 0 Å². The number of benzene rings is 1. The van der Waals surface area contributed by atoms with Crippen molar-refractivity contribution in [1.82, 2.24) is 0 Å². The van der Waals surface area contributed by atoms with Gasteiger partial charge in [-0.2, -0.15) is 4.99 Å². The van der Waals surface area contributed by atoms with Gasteiger partial charge in [-0.05, 0) is 32.9 Å². The summed E-state index contributed by atoms with van der Waals surface area (Å²) >= 11 is 0. The number of halogens is 1. The molecule has 1 rings (SSSR count). The first kappa shape index (κ1) is 13.1. The number of hydrogen-bond acceptors (Lipinski definition) is 4. The quantitative estimate of drug-likeness (QED) is 0.451. The zero-order valence-corrected chi connectivity index (χ0v) is 9.78. The molecular weight excluding hydrogens is 225 g/mol. The third-order valence-electron chi connectivity index (χ3n) is 1.75. The molecule has 0 fully saturated rings. The molecule has 5 heteroatoms. The van der Waals surface area contributed by atoms with Crippen LogP contribution in [0.15, 0.2) is 23.2 Å². The number of hydrogen-bond donors (Lipinski definition) is 0. The summed E-state index contributed by atoms with van der Waals surface area (Å²) in [6.07, 6.45) is 1.29. The van der Waals surface area contributed by atoms with Crippen LogP contribution in [0.4, 0.5) is 10.1 Å². The highest BCUT2D eigenvalue weighted by Crippen LogP contribution is 2.19. The predicted octanol–water partition coefficient (Wildman–Crippen LogP) is 2.75. The van der Waals surface area contributed by atoms with Crippen LogP contribution in [-0.2, 0) is 9.53 Å². The molecule has 0 aliphatic heterocycles. The fraction of sp³-hybridized carbons (Fsp3) is 0.333.